The second kappa shape index (κ2) is 8.82. The Morgan fingerprint density at radius 3 is 2.56 bits per heavy atom. The highest BCUT2D eigenvalue weighted by molar-refractivity contribution is 5.97. The van der Waals surface area contributed by atoms with E-state index in [2.05, 4.69) is 5.32 Å². The first kappa shape index (κ1) is 19.1. The summed E-state index contributed by atoms with van der Waals surface area (Å²) in [6.07, 6.45) is 1.69. The van der Waals surface area contributed by atoms with Gasteiger partial charge in [0.1, 0.15) is 6.04 Å². The molecule has 2 aromatic carbocycles. The lowest BCUT2D eigenvalue weighted by atomic mass is 9.99. The van der Waals surface area contributed by atoms with Gasteiger partial charge in [-0.25, -0.2) is 0 Å². The Hall–Kier alpha value is -2.66. The molecule has 1 heterocycles. The molecule has 1 fully saturated rings. The molecule has 5 heteroatoms. The van der Waals surface area contributed by atoms with Crippen molar-refractivity contribution < 1.29 is 14.7 Å². The van der Waals surface area contributed by atoms with Gasteiger partial charge < -0.3 is 15.3 Å². The zero-order valence-corrected chi connectivity index (χ0v) is 15.6. The highest BCUT2D eigenvalue weighted by atomic mass is 16.3. The van der Waals surface area contributed by atoms with Crippen LogP contribution in [0.15, 0.2) is 54.6 Å². The van der Waals surface area contributed by atoms with Crippen LogP contribution in [0, 0.1) is 6.92 Å². The van der Waals surface area contributed by atoms with Crippen molar-refractivity contribution in [1.82, 2.24) is 10.2 Å². The number of carbonyl (C=O) groups excluding carboxylic acids is 2. The minimum atomic E-state index is -0.767. The molecule has 1 aliphatic heterocycles. The molecule has 2 aromatic rings. The van der Waals surface area contributed by atoms with Crippen LogP contribution in [0.25, 0.3) is 0 Å². The standard InChI is InChI=1S/C22H26N2O3/c1-16-9-5-6-12-18(16)20(25)15-23-21(26)19-13-7-8-14-24(19)22(27)17-10-3-2-4-11-17/h2-6,9-12,19-20,25H,7-8,13-15H2,1H3,(H,23,26). The molecule has 0 aliphatic carbocycles. The van der Waals surface area contributed by atoms with Crippen molar-refractivity contribution in [3.63, 3.8) is 0 Å². The van der Waals surface area contributed by atoms with Crippen molar-refractivity contribution in [2.24, 2.45) is 0 Å². The number of benzene rings is 2. The number of piperidine rings is 1. The highest BCUT2D eigenvalue weighted by Crippen LogP contribution is 2.21. The summed E-state index contributed by atoms with van der Waals surface area (Å²) in [4.78, 5) is 27.2. The van der Waals surface area contributed by atoms with E-state index in [1.807, 2.05) is 49.4 Å². The van der Waals surface area contributed by atoms with E-state index < -0.39 is 12.1 Å². The normalized spacial score (nSPS) is 18.0. The van der Waals surface area contributed by atoms with Gasteiger partial charge in [0.2, 0.25) is 5.91 Å². The van der Waals surface area contributed by atoms with E-state index in [0.29, 0.717) is 18.5 Å². The van der Waals surface area contributed by atoms with Crippen molar-refractivity contribution >= 4 is 11.8 Å². The van der Waals surface area contributed by atoms with Gasteiger partial charge in [0.15, 0.2) is 0 Å². The lowest BCUT2D eigenvalue weighted by Crippen LogP contribution is -2.52. The fourth-order valence-corrected chi connectivity index (χ4v) is 3.58. The molecule has 2 unspecified atom stereocenters. The molecule has 0 bridgehead atoms. The van der Waals surface area contributed by atoms with Crippen molar-refractivity contribution in [1.29, 1.82) is 0 Å². The zero-order chi connectivity index (χ0) is 19.2. The second-order valence-electron chi connectivity index (χ2n) is 6.99. The number of likely N-dealkylation sites (tertiary alicyclic amines) is 1. The first-order valence-corrected chi connectivity index (χ1v) is 9.45. The van der Waals surface area contributed by atoms with E-state index in [9.17, 15) is 14.7 Å². The van der Waals surface area contributed by atoms with E-state index in [1.165, 1.54) is 0 Å². The Balaban J connectivity index is 1.65. The van der Waals surface area contributed by atoms with Crippen LogP contribution >= 0.6 is 0 Å². The number of amides is 2. The molecule has 0 radical (unpaired) electrons. The molecule has 0 spiro atoms. The summed E-state index contributed by atoms with van der Waals surface area (Å²) in [6, 6.07) is 16.1. The summed E-state index contributed by atoms with van der Waals surface area (Å²) in [5.41, 5.74) is 2.38. The third-order valence-electron chi connectivity index (χ3n) is 5.10. The van der Waals surface area contributed by atoms with Gasteiger partial charge in [-0.15, -0.1) is 0 Å². The summed E-state index contributed by atoms with van der Waals surface area (Å²) in [5.74, 6) is -0.318. The maximum atomic E-state index is 12.8. The van der Waals surface area contributed by atoms with Crippen LogP contribution in [0.5, 0.6) is 0 Å². The summed E-state index contributed by atoms with van der Waals surface area (Å²) < 4.78 is 0. The van der Waals surface area contributed by atoms with Gasteiger partial charge in [0.05, 0.1) is 6.10 Å². The third-order valence-corrected chi connectivity index (χ3v) is 5.10. The van der Waals surface area contributed by atoms with E-state index >= 15 is 0 Å². The van der Waals surface area contributed by atoms with E-state index in [-0.39, 0.29) is 18.4 Å². The lowest BCUT2D eigenvalue weighted by Gasteiger charge is -2.35. The summed E-state index contributed by atoms with van der Waals surface area (Å²) >= 11 is 0. The van der Waals surface area contributed by atoms with Gasteiger partial charge in [0, 0.05) is 18.7 Å². The van der Waals surface area contributed by atoms with E-state index in [4.69, 9.17) is 0 Å². The molecule has 142 valence electrons. The van der Waals surface area contributed by atoms with Crippen LogP contribution in [0.2, 0.25) is 0 Å². The molecule has 27 heavy (non-hydrogen) atoms. The number of nitrogens with zero attached hydrogens (tertiary/aromatic N) is 1. The first-order chi connectivity index (χ1) is 13.1. The largest absolute Gasteiger partial charge is 0.387 e. The fourth-order valence-electron chi connectivity index (χ4n) is 3.58. The topological polar surface area (TPSA) is 69.6 Å². The van der Waals surface area contributed by atoms with Gasteiger partial charge in [-0.05, 0) is 49.4 Å². The van der Waals surface area contributed by atoms with Crippen LogP contribution in [-0.2, 0) is 4.79 Å². The lowest BCUT2D eigenvalue weighted by molar-refractivity contribution is -0.127. The molecule has 1 saturated heterocycles. The Morgan fingerprint density at radius 1 is 1.11 bits per heavy atom. The smallest absolute Gasteiger partial charge is 0.254 e. The zero-order valence-electron chi connectivity index (χ0n) is 15.6. The molecule has 1 aliphatic rings. The Kier molecular flexibility index (Phi) is 6.24. The van der Waals surface area contributed by atoms with Gasteiger partial charge in [-0.1, -0.05) is 42.5 Å². The second-order valence-corrected chi connectivity index (χ2v) is 6.99. The number of hydrogen-bond donors (Lipinski definition) is 2. The SMILES string of the molecule is Cc1ccccc1C(O)CNC(=O)C1CCCCN1C(=O)c1ccccc1. The minimum absolute atomic E-state index is 0.116. The molecule has 2 amide bonds. The average molecular weight is 366 g/mol. The first-order valence-electron chi connectivity index (χ1n) is 9.45. The quantitative estimate of drug-likeness (QED) is 0.855. The fraction of sp³-hybridized carbons (Fsp3) is 0.364. The summed E-state index contributed by atoms with van der Waals surface area (Å²) in [7, 11) is 0. The van der Waals surface area contributed by atoms with Crippen LogP contribution in [0.4, 0.5) is 0 Å². The van der Waals surface area contributed by atoms with E-state index in [1.54, 1.807) is 17.0 Å². The molecule has 0 saturated carbocycles. The van der Waals surface area contributed by atoms with Crippen molar-refractivity contribution in [3.05, 3.63) is 71.3 Å². The predicted octanol–water partition coefficient (Wildman–Crippen LogP) is 2.84. The van der Waals surface area contributed by atoms with Gasteiger partial charge in [-0.2, -0.15) is 0 Å². The molecular formula is C22H26N2O3. The van der Waals surface area contributed by atoms with Crippen molar-refractivity contribution in [2.75, 3.05) is 13.1 Å². The molecule has 0 aromatic heterocycles. The molecule has 3 rings (SSSR count). The molecule has 2 N–H and O–H groups in total. The maximum absolute atomic E-state index is 12.8. The predicted molar refractivity (Wildman–Crippen MR) is 104 cm³/mol. The van der Waals surface area contributed by atoms with Crippen LogP contribution in [0.3, 0.4) is 0 Å². The number of aliphatic hydroxyl groups excluding tert-OH is 1. The van der Waals surface area contributed by atoms with Crippen molar-refractivity contribution in [3.8, 4) is 0 Å². The molecule has 2 atom stereocenters. The number of carbonyl (C=O) groups is 2. The number of rotatable bonds is 5. The maximum Gasteiger partial charge on any atom is 0.254 e. The van der Waals surface area contributed by atoms with Crippen LogP contribution in [0.1, 0.15) is 46.9 Å². The summed E-state index contributed by atoms with van der Waals surface area (Å²) in [6.45, 7) is 2.64. The Bertz CT molecular complexity index is 791. The van der Waals surface area contributed by atoms with Gasteiger partial charge in [0.25, 0.3) is 5.91 Å². The third kappa shape index (κ3) is 4.55. The minimum Gasteiger partial charge on any atom is -0.387 e. The number of aryl methyl sites for hydroxylation is 1. The Labute approximate surface area is 160 Å². The summed E-state index contributed by atoms with van der Waals surface area (Å²) in [5, 5.41) is 13.2. The Morgan fingerprint density at radius 2 is 1.81 bits per heavy atom. The monoisotopic (exact) mass is 366 g/mol. The molecule has 5 nitrogen and oxygen atoms in total. The number of nitrogens with one attached hydrogen (secondary N) is 1. The molecular weight excluding hydrogens is 340 g/mol. The number of hydrogen-bond acceptors (Lipinski definition) is 3. The van der Waals surface area contributed by atoms with Gasteiger partial charge >= 0.3 is 0 Å². The highest BCUT2D eigenvalue weighted by Gasteiger charge is 2.32. The average Bonchev–Trinajstić information content (AvgIpc) is 2.72. The van der Waals surface area contributed by atoms with Crippen LogP contribution < -0.4 is 5.32 Å². The number of aliphatic hydroxyl groups is 1. The van der Waals surface area contributed by atoms with Gasteiger partial charge in [-0.3, -0.25) is 9.59 Å². The van der Waals surface area contributed by atoms with Crippen LogP contribution in [-0.4, -0.2) is 41.0 Å². The van der Waals surface area contributed by atoms with Crippen molar-refractivity contribution in [2.45, 2.75) is 38.3 Å². The van der Waals surface area contributed by atoms with E-state index in [0.717, 1.165) is 24.0 Å².